The number of carbonyl (C=O) groups is 1. The molecular formula is C15H17ClN4O3S. The summed E-state index contributed by atoms with van der Waals surface area (Å²) in [5, 5.41) is 3.36. The maximum Gasteiger partial charge on any atom is 0.260 e. The predicted molar refractivity (Wildman–Crippen MR) is 90.2 cm³/mol. The lowest BCUT2D eigenvalue weighted by atomic mass is 9.99. The topological polar surface area (TPSA) is 95.2 Å². The largest absolute Gasteiger partial charge is 0.335 e. The number of carbonyl (C=O) groups excluding carboxylic acids is 1. The monoisotopic (exact) mass is 368 g/mol. The molecule has 0 aliphatic carbocycles. The molecule has 1 aromatic heterocycles. The van der Waals surface area contributed by atoms with Crippen LogP contribution in [0.5, 0.6) is 0 Å². The Morgan fingerprint density at radius 2 is 2.25 bits per heavy atom. The maximum atomic E-state index is 12.5. The van der Waals surface area contributed by atoms with Crippen LogP contribution in [0.25, 0.3) is 0 Å². The van der Waals surface area contributed by atoms with Crippen LogP contribution < -0.4 is 5.32 Å². The highest BCUT2D eigenvalue weighted by atomic mass is 35.5. The van der Waals surface area contributed by atoms with Gasteiger partial charge in [0, 0.05) is 23.8 Å². The Morgan fingerprint density at radius 1 is 1.42 bits per heavy atom. The number of amides is 1. The summed E-state index contributed by atoms with van der Waals surface area (Å²) in [6, 6.07) is 6.86. The molecule has 1 aliphatic rings. The summed E-state index contributed by atoms with van der Waals surface area (Å²) in [5.41, 5.74) is 0.598. The highest BCUT2D eigenvalue weighted by molar-refractivity contribution is 7.89. The minimum atomic E-state index is -3.65. The Balaban J connectivity index is 1.70. The summed E-state index contributed by atoms with van der Waals surface area (Å²) in [5.74, 6) is -0.614. The number of nitrogens with one attached hydrogen (secondary N) is 2. The van der Waals surface area contributed by atoms with E-state index in [0.717, 1.165) is 0 Å². The van der Waals surface area contributed by atoms with Crippen molar-refractivity contribution in [2.75, 3.05) is 18.4 Å². The fraction of sp³-hybridized carbons (Fsp3) is 0.333. The number of nitrogens with zero attached hydrogens (tertiary/aromatic N) is 2. The van der Waals surface area contributed by atoms with Crippen LogP contribution in [-0.2, 0) is 14.8 Å². The van der Waals surface area contributed by atoms with E-state index in [4.69, 9.17) is 11.6 Å². The second-order valence-corrected chi connectivity index (χ2v) is 7.96. The van der Waals surface area contributed by atoms with E-state index in [1.807, 2.05) is 0 Å². The molecule has 24 heavy (non-hydrogen) atoms. The zero-order valence-electron chi connectivity index (χ0n) is 12.8. The summed E-state index contributed by atoms with van der Waals surface area (Å²) in [6.07, 6.45) is 3.85. The number of hydrogen-bond donors (Lipinski definition) is 2. The second-order valence-electron chi connectivity index (χ2n) is 5.62. The van der Waals surface area contributed by atoms with Crippen LogP contribution in [0, 0.1) is 5.92 Å². The van der Waals surface area contributed by atoms with Gasteiger partial charge < -0.3 is 10.3 Å². The van der Waals surface area contributed by atoms with E-state index in [1.165, 1.54) is 16.8 Å². The Kier molecular flexibility index (Phi) is 4.88. The molecule has 1 saturated heterocycles. The lowest BCUT2D eigenvalue weighted by Crippen LogP contribution is -2.43. The number of aromatic nitrogens is 2. The number of sulfonamides is 1. The van der Waals surface area contributed by atoms with Gasteiger partial charge in [-0.15, -0.1) is 0 Å². The first kappa shape index (κ1) is 16.9. The molecule has 2 heterocycles. The molecule has 7 nitrogen and oxygen atoms in total. The Morgan fingerprint density at radius 3 is 2.96 bits per heavy atom. The van der Waals surface area contributed by atoms with Crippen LogP contribution in [0.1, 0.15) is 12.8 Å². The highest BCUT2D eigenvalue weighted by Crippen LogP contribution is 2.24. The molecule has 0 spiro atoms. The number of benzene rings is 1. The van der Waals surface area contributed by atoms with E-state index in [0.29, 0.717) is 30.1 Å². The first-order valence-electron chi connectivity index (χ1n) is 7.52. The van der Waals surface area contributed by atoms with Gasteiger partial charge in [0.2, 0.25) is 5.91 Å². The molecular weight excluding hydrogens is 352 g/mol. The van der Waals surface area contributed by atoms with Crippen LogP contribution in [0.15, 0.2) is 41.8 Å². The van der Waals surface area contributed by atoms with Crippen molar-refractivity contribution in [3.05, 3.63) is 41.8 Å². The SMILES string of the molecule is O=C(Nc1cccc(Cl)c1)[C@H]1CCCN(S(=O)(=O)c2cnc[nH]2)C1. The third kappa shape index (κ3) is 3.61. The minimum absolute atomic E-state index is 0.0402. The number of piperidine rings is 1. The van der Waals surface area contributed by atoms with Crippen molar-refractivity contribution >= 4 is 33.2 Å². The number of H-pyrrole nitrogens is 1. The molecule has 3 rings (SSSR count). The first-order chi connectivity index (χ1) is 11.5. The van der Waals surface area contributed by atoms with Crippen molar-refractivity contribution in [3.63, 3.8) is 0 Å². The molecule has 1 fully saturated rings. The molecule has 128 valence electrons. The van der Waals surface area contributed by atoms with Gasteiger partial charge in [0.05, 0.1) is 18.4 Å². The molecule has 2 N–H and O–H groups in total. The fourth-order valence-corrected chi connectivity index (χ4v) is 4.32. The van der Waals surface area contributed by atoms with Crippen molar-refractivity contribution in [3.8, 4) is 0 Å². The van der Waals surface area contributed by atoms with Crippen molar-refractivity contribution < 1.29 is 13.2 Å². The van der Waals surface area contributed by atoms with E-state index in [-0.39, 0.29) is 17.5 Å². The third-order valence-corrected chi connectivity index (χ3v) is 5.96. The average Bonchev–Trinajstić information content (AvgIpc) is 3.10. The third-order valence-electron chi connectivity index (χ3n) is 3.94. The molecule has 1 aromatic carbocycles. The zero-order valence-corrected chi connectivity index (χ0v) is 14.3. The fourth-order valence-electron chi connectivity index (χ4n) is 2.71. The van der Waals surface area contributed by atoms with Gasteiger partial charge in [-0.2, -0.15) is 4.31 Å². The maximum absolute atomic E-state index is 12.5. The van der Waals surface area contributed by atoms with Gasteiger partial charge in [0.15, 0.2) is 5.03 Å². The van der Waals surface area contributed by atoms with E-state index in [9.17, 15) is 13.2 Å². The van der Waals surface area contributed by atoms with Gasteiger partial charge in [0.25, 0.3) is 10.0 Å². The Bertz CT molecular complexity index is 823. The molecule has 0 radical (unpaired) electrons. The van der Waals surface area contributed by atoms with E-state index in [2.05, 4.69) is 15.3 Å². The van der Waals surface area contributed by atoms with Gasteiger partial charge in [-0.3, -0.25) is 4.79 Å². The molecule has 1 amide bonds. The molecule has 1 aliphatic heterocycles. The molecule has 9 heteroatoms. The van der Waals surface area contributed by atoms with Crippen LogP contribution in [-0.4, -0.2) is 41.7 Å². The Labute approximate surface area is 145 Å². The summed E-state index contributed by atoms with van der Waals surface area (Å²) in [6.45, 7) is 0.538. The predicted octanol–water partition coefficient (Wildman–Crippen LogP) is 2.10. The van der Waals surface area contributed by atoms with Crippen LogP contribution in [0.3, 0.4) is 0 Å². The van der Waals surface area contributed by atoms with Gasteiger partial charge >= 0.3 is 0 Å². The lowest BCUT2D eigenvalue weighted by Gasteiger charge is -2.30. The van der Waals surface area contributed by atoms with Crippen molar-refractivity contribution in [2.24, 2.45) is 5.92 Å². The normalized spacial score (nSPS) is 19.1. The molecule has 2 aromatic rings. The minimum Gasteiger partial charge on any atom is -0.335 e. The molecule has 0 saturated carbocycles. The average molecular weight is 369 g/mol. The van der Waals surface area contributed by atoms with E-state index < -0.39 is 15.9 Å². The number of aromatic amines is 1. The van der Waals surface area contributed by atoms with E-state index in [1.54, 1.807) is 24.3 Å². The Hall–Kier alpha value is -1.90. The molecule has 0 bridgehead atoms. The van der Waals surface area contributed by atoms with Crippen LogP contribution >= 0.6 is 11.6 Å². The zero-order chi connectivity index (χ0) is 17.2. The number of anilines is 1. The second kappa shape index (κ2) is 6.92. The molecule has 1 atom stereocenters. The van der Waals surface area contributed by atoms with Gasteiger partial charge in [-0.25, -0.2) is 13.4 Å². The summed E-state index contributed by atoms with van der Waals surface area (Å²) in [4.78, 5) is 18.8. The quantitative estimate of drug-likeness (QED) is 0.863. The van der Waals surface area contributed by atoms with Gasteiger partial charge in [-0.05, 0) is 31.0 Å². The van der Waals surface area contributed by atoms with Gasteiger partial charge in [-0.1, -0.05) is 17.7 Å². The van der Waals surface area contributed by atoms with Crippen molar-refractivity contribution in [1.29, 1.82) is 0 Å². The summed E-state index contributed by atoms with van der Waals surface area (Å²) >= 11 is 5.91. The van der Waals surface area contributed by atoms with Gasteiger partial charge in [0.1, 0.15) is 0 Å². The van der Waals surface area contributed by atoms with E-state index >= 15 is 0 Å². The van der Waals surface area contributed by atoms with Crippen molar-refractivity contribution in [1.82, 2.24) is 14.3 Å². The summed E-state index contributed by atoms with van der Waals surface area (Å²) < 4.78 is 26.4. The smallest absolute Gasteiger partial charge is 0.260 e. The first-order valence-corrected chi connectivity index (χ1v) is 9.33. The number of rotatable bonds is 4. The number of imidazole rings is 1. The number of halogens is 1. The molecule has 0 unspecified atom stereocenters. The standard InChI is InChI=1S/C15H17ClN4O3S/c16-12-4-1-5-13(7-12)19-15(21)11-3-2-6-20(9-11)24(22,23)14-8-17-10-18-14/h1,4-5,7-8,10-11H,2-3,6,9H2,(H,17,18)(H,19,21)/t11-/m0/s1. The van der Waals surface area contributed by atoms with Crippen LogP contribution in [0.4, 0.5) is 5.69 Å². The highest BCUT2D eigenvalue weighted by Gasteiger charge is 2.34. The number of hydrogen-bond acceptors (Lipinski definition) is 4. The van der Waals surface area contributed by atoms with Crippen LogP contribution in [0.2, 0.25) is 5.02 Å². The van der Waals surface area contributed by atoms with Crippen molar-refractivity contribution in [2.45, 2.75) is 17.9 Å². The summed E-state index contributed by atoms with van der Waals surface area (Å²) in [7, 11) is -3.65. The lowest BCUT2D eigenvalue weighted by molar-refractivity contribution is -0.120.